The average Bonchev–Trinajstić information content (AvgIpc) is 2.96. The highest BCUT2D eigenvalue weighted by Gasteiger charge is 2.37. The Morgan fingerprint density at radius 1 is 1.30 bits per heavy atom. The molecular weight excluding hydrogens is 292 g/mol. The Balaban J connectivity index is 1.59. The van der Waals surface area contributed by atoms with Crippen molar-refractivity contribution in [3.8, 4) is 0 Å². The van der Waals surface area contributed by atoms with Crippen LogP contribution in [0.3, 0.4) is 0 Å². The summed E-state index contributed by atoms with van der Waals surface area (Å²) in [4.78, 5) is 27.4. The molecule has 23 heavy (non-hydrogen) atoms. The van der Waals surface area contributed by atoms with Gasteiger partial charge in [0.25, 0.3) is 0 Å². The quantitative estimate of drug-likeness (QED) is 0.812. The van der Waals surface area contributed by atoms with Crippen molar-refractivity contribution in [1.82, 2.24) is 19.7 Å². The lowest BCUT2D eigenvalue weighted by Crippen LogP contribution is -2.65. The van der Waals surface area contributed by atoms with Gasteiger partial charge in [-0.05, 0) is 24.5 Å². The van der Waals surface area contributed by atoms with E-state index in [0.717, 1.165) is 26.2 Å². The van der Waals surface area contributed by atoms with Crippen molar-refractivity contribution in [3.63, 3.8) is 0 Å². The van der Waals surface area contributed by atoms with Crippen molar-refractivity contribution < 1.29 is 9.59 Å². The first-order valence-corrected chi connectivity index (χ1v) is 8.49. The summed E-state index contributed by atoms with van der Waals surface area (Å²) in [6.07, 6.45) is 3.33. The molecule has 2 amide bonds. The fraction of sp³-hybridized carbons (Fsp3) is 0.647. The predicted octanol–water partition coefficient (Wildman–Crippen LogP) is 0.677. The molecule has 1 N–H and O–H groups in total. The minimum Gasteiger partial charge on any atom is -0.350 e. The first-order valence-electron chi connectivity index (χ1n) is 8.49. The summed E-state index contributed by atoms with van der Waals surface area (Å²) < 4.78 is 2.33. The second-order valence-corrected chi connectivity index (χ2v) is 6.97. The monoisotopic (exact) mass is 318 g/mol. The molecule has 2 fully saturated rings. The van der Waals surface area contributed by atoms with E-state index in [-0.39, 0.29) is 11.9 Å². The summed E-state index contributed by atoms with van der Waals surface area (Å²) in [5, 5.41) is 2.69. The largest absolute Gasteiger partial charge is 0.350 e. The van der Waals surface area contributed by atoms with Crippen molar-refractivity contribution in [2.75, 3.05) is 26.2 Å². The SMILES string of the molecule is CC(C)CCn1cccc1CN1CCN2C(=O)C(=O)NC[C@H]2C1. The topological polar surface area (TPSA) is 57.6 Å². The molecule has 1 aromatic heterocycles. The number of aromatic nitrogens is 1. The molecule has 2 saturated heterocycles. The molecule has 1 atom stereocenters. The number of carbonyl (C=O) groups is 2. The van der Waals surface area contributed by atoms with Gasteiger partial charge in [0, 0.05) is 51.2 Å². The maximum absolute atomic E-state index is 11.9. The Hall–Kier alpha value is -1.82. The van der Waals surface area contributed by atoms with Gasteiger partial charge in [-0.25, -0.2) is 0 Å². The number of carbonyl (C=O) groups excluding carboxylic acids is 2. The molecule has 0 unspecified atom stereocenters. The van der Waals surface area contributed by atoms with Crippen LogP contribution in [0.1, 0.15) is 26.0 Å². The Labute approximate surface area is 137 Å². The van der Waals surface area contributed by atoms with Crippen LogP contribution in [0.2, 0.25) is 0 Å². The van der Waals surface area contributed by atoms with E-state index in [1.165, 1.54) is 12.1 Å². The number of hydrogen-bond acceptors (Lipinski definition) is 3. The molecule has 0 bridgehead atoms. The third-order valence-electron chi connectivity index (χ3n) is 4.78. The van der Waals surface area contributed by atoms with Gasteiger partial charge >= 0.3 is 11.8 Å². The van der Waals surface area contributed by atoms with Crippen molar-refractivity contribution in [2.45, 2.75) is 39.4 Å². The minimum atomic E-state index is -0.461. The normalized spacial score (nSPS) is 22.4. The maximum atomic E-state index is 11.9. The first-order chi connectivity index (χ1) is 11.0. The number of piperazine rings is 2. The zero-order chi connectivity index (χ0) is 16.4. The van der Waals surface area contributed by atoms with E-state index in [1.54, 1.807) is 4.90 Å². The van der Waals surface area contributed by atoms with Gasteiger partial charge in [0.15, 0.2) is 0 Å². The third kappa shape index (κ3) is 3.58. The van der Waals surface area contributed by atoms with Gasteiger partial charge in [-0.3, -0.25) is 14.5 Å². The zero-order valence-electron chi connectivity index (χ0n) is 14.0. The minimum absolute atomic E-state index is 0.105. The van der Waals surface area contributed by atoms with Crippen LogP contribution in [-0.4, -0.2) is 58.4 Å². The van der Waals surface area contributed by atoms with E-state index in [4.69, 9.17) is 0 Å². The van der Waals surface area contributed by atoms with Gasteiger partial charge in [0.1, 0.15) is 0 Å². The molecule has 2 aliphatic rings. The van der Waals surface area contributed by atoms with E-state index in [2.05, 4.69) is 47.0 Å². The molecule has 6 nitrogen and oxygen atoms in total. The number of hydrogen-bond donors (Lipinski definition) is 1. The van der Waals surface area contributed by atoms with Crippen molar-refractivity contribution in [2.24, 2.45) is 5.92 Å². The van der Waals surface area contributed by atoms with Crippen LogP contribution in [0, 0.1) is 5.92 Å². The fourth-order valence-corrected chi connectivity index (χ4v) is 3.36. The second kappa shape index (κ2) is 6.74. The number of rotatable bonds is 5. The molecule has 0 radical (unpaired) electrons. The molecule has 0 aliphatic carbocycles. The standard InChI is InChI=1S/C17H26N4O2/c1-13(2)5-7-20-6-3-4-14(20)11-19-8-9-21-15(12-19)10-18-16(22)17(21)23/h3-4,6,13,15H,5,7-12H2,1-2H3,(H,18,22)/t15-/m0/s1. The van der Waals surface area contributed by atoms with Gasteiger partial charge in [-0.1, -0.05) is 13.8 Å². The third-order valence-corrected chi connectivity index (χ3v) is 4.78. The van der Waals surface area contributed by atoms with Gasteiger partial charge in [-0.15, -0.1) is 0 Å². The van der Waals surface area contributed by atoms with E-state index in [9.17, 15) is 9.59 Å². The highest BCUT2D eigenvalue weighted by atomic mass is 16.2. The molecule has 6 heteroatoms. The lowest BCUT2D eigenvalue weighted by Gasteiger charge is -2.43. The number of nitrogens with zero attached hydrogens (tertiary/aromatic N) is 3. The van der Waals surface area contributed by atoms with E-state index in [1.807, 2.05) is 0 Å². The zero-order valence-corrected chi connectivity index (χ0v) is 14.0. The number of aryl methyl sites for hydroxylation is 1. The molecule has 0 aromatic carbocycles. The first kappa shape index (κ1) is 16.1. The van der Waals surface area contributed by atoms with Crippen LogP contribution in [0.5, 0.6) is 0 Å². The van der Waals surface area contributed by atoms with E-state index >= 15 is 0 Å². The second-order valence-electron chi connectivity index (χ2n) is 6.97. The molecule has 3 heterocycles. The molecule has 2 aliphatic heterocycles. The van der Waals surface area contributed by atoms with Gasteiger partial charge < -0.3 is 14.8 Å². The number of amides is 2. The molecule has 1 aromatic rings. The Morgan fingerprint density at radius 2 is 2.13 bits per heavy atom. The summed E-state index contributed by atoms with van der Waals surface area (Å²) in [6, 6.07) is 4.39. The Kier molecular flexibility index (Phi) is 4.71. The van der Waals surface area contributed by atoms with Crippen LogP contribution in [0.15, 0.2) is 18.3 Å². The molecule has 126 valence electrons. The summed E-state index contributed by atoms with van der Waals surface area (Å²) >= 11 is 0. The summed E-state index contributed by atoms with van der Waals surface area (Å²) in [7, 11) is 0. The highest BCUT2D eigenvalue weighted by Crippen LogP contribution is 2.16. The molecule has 0 saturated carbocycles. The fourth-order valence-electron chi connectivity index (χ4n) is 3.36. The van der Waals surface area contributed by atoms with Gasteiger partial charge in [0.05, 0.1) is 6.04 Å². The summed E-state index contributed by atoms with van der Waals surface area (Å²) in [5.74, 6) is -0.135. The number of nitrogens with one attached hydrogen (secondary N) is 1. The van der Waals surface area contributed by atoms with Crippen LogP contribution in [-0.2, 0) is 22.7 Å². The van der Waals surface area contributed by atoms with Crippen LogP contribution < -0.4 is 5.32 Å². The van der Waals surface area contributed by atoms with E-state index in [0.29, 0.717) is 19.0 Å². The summed E-state index contributed by atoms with van der Waals surface area (Å²) in [6.45, 7) is 9.30. The Bertz CT molecular complexity index is 581. The lowest BCUT2D eigenvalue weighted by atomic mass is 10.1. The van der Waals surface area contributed by atoms with Crippen LogP contribution in [0.25, 0.3) is 0 Å². The lowest BCUT2D eigenvalue weighted by molar-refractivity contribution is -0.152. The molecule has 3 rings (SSSR count). The molecule has 0 spiro atoms. The van der Waals surface area contributed by atoms with E-state index < -0.39 is 5.91 Å². The average molecular weight is 318 g/mol. The maximum Gasteiger partial charge on any atom is 0.312 e. The van der Waals surface area contributed by atoms with Crippen LogP contribution >= 0.6 is 0 Å². The van der Waals surface area contributed by atoms with Gasteiger partial charge in [-0.2, -0.15) is 0 Å². The predicted molar refractivity (Wildman–Crippen MR) is 87.7 cm³/mol. The molecular formula is C17H26N4O2. The van der Waals surface area contributed by atoms with Crippen molar-refractivity contribution >= 4 is 11.8 Å². The van der Waals surface area contributed by atoms with Crippen molar-refractivity contribution in [1.29, 1.82) is 0 Å². The summed E-state index contributed by atoms with van der Waals surface area (Å²) in [5.41, 5.74) is 1.32. The number of fused-ring (bicyclic) bond motifs is 1. The Morgan fingerprint density at radius 3 is 2.91 bits per heavy atom. The van der Waals surface area contributed by atoms with Crippen LogP contribution in [0.4, 0.5) is 0 Å². The highest BCUT2D eigenvalue weighted by molar-refractivity contribution is 6.35. The van der Waals surface area contributed by atoms with Crippen molar-refractivity contribution in [3.05, 3.63) is 24.0 Å². The smallest absolute Gasteiger partial charge is 0.312 e. The van der Waals surface area contributed by atoms with Gasteiger partial charge in [0.2, 0.25) is 0 Å².